The highest BCUT2D eigenvalue weighted by atomic mass is 32.2. The smallest absolute Gasteiger partial charge is 0.326 e. The van der Waals surface area contributed by atoms with Gasteiger partial charge in [0.05, 0.1) is 22.5 Å². The topological polar surface area (TPSA) is 147 Å². The Morgan fingerprint density at radius 1 is 1.00 bits per heavy atom. The Morgan fingerprint density at radius 3 is 2.32 bits per heavy atom. The van der Waals surface area contributed by atoms with Crippen LogP contribution in [0.1, 0.15) is 34.3 Å². The van der Waals surface area contributed by atoms with Crippen molar-refractivity contribution < 1.29 is 36.3 Å². The molecule has 12 heteroatoms. The maximum absolute atomic E-state index is 13.5. The second-order valence-electron chi connectivity index (χ2n) is 11.2. The van der Waals surface area contributed by atoms with Crippen molar-refractivity contribution in [2.45, 2.75) is 48.5 Å². The summed E-state index contributed by atoms with van der Waals surface area (Å²) in [4.78, 5) is 27.7. The molecule has 3 aromatic rings. The van der Waals surface area contributed by atoms with Gasteiger partial charge in [0.1, 0.15) is 15.9 Å². The second kappa shape index (κ2) is 14.0. The fourth-order valence-corrected chi connectivity index (χ4v) is 8.02. The average molecular weight is 643 g/mol. The van der Waals surface area contributed by atoms with Gasteiger partial charge in [-0.3, -0.25) is 9.69 Å². The molecule has 0 spiro atoms. The lowest BCUT2D eigenvalue weighted by Gasteiger charge is -2.24. The molecule has 0 radical (unpaired) electrons. The Bertz CT molecular complexity index is 1710. The van der Waals surface area contributed by atoms with Gasteiger partial charge >= 0.3 is 5.97 Å². The lowest BCUT2D eigenvalue weighted by molar-refractivity contribution is -0.139. The zero-order valence-electron chi connectivity index (χ0n) is 25.0. The summed E-state index contributed by atoms with van der Waals surface area (Å²) in [6, 6.07) is 19.7. The Labute approximate surface area is 258 Å². The fraction of sp³-hybridized carbons (Fsp3) is 0.375. The van der Waals surface area contributed by atoms with Gasteiger partial charge in [0, 0.05) is 38.1 Å². The molecule has 10 nitrogen and oxygen atoms in total. The molecular weight excluding hydrogens is 604 g/mol. The van der Waals surface area contributed by atoms with Gasteiger partial charge in [-0.25, -0.2) is 21.6 Å². The minimum atomic E-state index is -3.56. The minimum absolute atomic E-state index is 0.139. The summed E-state index contributed by atoms with van der Waals surface area (Å²) in [6.07, 6.45) is 1.17. The first-order valence-corrected chi connectivity index (χ1v) is 17.8. The van der Waals surface area contributed by atoms with Crippen LogP contribution in [-0.4, -0.2) is 88.3 Å². The van der Waals surface area contributed by atoms with Gasteiger partial charge in [0.2, 0.25) is 0 Å². The van der Waals surface area contributed by atoms with Crippen molar-refractivity contribution in [3.8, 4) is 11.1 Å². The lowest BCUT2D eigenvalue weighted by Crippen LogP contribution is -2.42. The summed E-state index contributed by atoms with van der Waals surface area (Å²) >= 11 is 0. The molecule has 1 saturated heterocycles. The Balaban J connectivity index is 1.64. The number of carboxylic acid groups (broad SMARTS) is 1. The van der Waals surface area contributed by atoms with E-state index < -0.39 is 42.8 Å². The van der Waals surface area contributed by atoms with Gasteiger partial charge in [-0.1, -0.05) is 48.5 Å². The van der Waals surface area contributed by atoms with E-state index in [4.69, 9.17) is 4.74 Å². The zero-order chi connectivity index (χ0) is 32.1. The van der Waals surface area contributed by atoms with E-state index in [0.29, 0.717) is 31.7 Å². The minimum Gasteiger partial charge on any atom is -0.480 e. The summed E-state index contributed by atoms with van der Waals surface area (Å²) < 4.78 is 55.6. The number of sulfone groups is 2. The first kappa shape index (κ1) is 33.3. The SMILES string of the molecule is COC[C@@H]1C[C@@H](S(=O)(=O)c2ccccc2)CN1Cc1ccc(C(=O)N[C@@H](CCS(C)(=O)=O)C(=O)O)c(-c2ccccc2C)c1. The van der Waals surface area contributed by atoms with Gasteiger partial charge in [-0.15, -0.1) is 0 Å². The molecule has 1 amide bonds. The number of nitrogens with one attached hydrogen (secondary N) is 1. The van der Waals surface area contributed by atoms with Crippen LogP contribution in [0.5, 0.6) is 0 Å². The van der Waals surface area contributed by atoms with E-state index >= 15 is 0 Å². The maximum Gasteiger partial charge on any atom is 0.326 e. The third-order valence-electron chi connectivity index (χ3n) is 7.89. The quantitative estimate of drug-likeness (QED) is 0.287. The molecule has 1 aliphatic rings. The number of rotatable bonds is 13. The molecule has 3 atom stereocenters. The zero-order valence-corrected chi connectivity index (χ0v) is 26.6. The van der Waals surface area contributed by atoms with Crippen molar-refractivity contribution in [3.05, 3.63) is 89.5 Å². The number of ether oxygens (including phenoxy) is 1. The van der Waals surface area contributed by atoms with E-state index in [1.54, 1.807) is 49.6 Å². The fourth-order valence-electron chi connectivity index (χ4n) is 5.57. The van der Waals surface area contributed by atoms with Gasteiger partial charge < -0.3 is 15.2 Å². The Morgan fingerprint density at radius 2 is 1.68 bits per heavy atom. The predicted octanol–water partition coefficient (Wildman–Crippen LogP) is 3.34. The highest BCUT2D eigenvalue weighted by Gasteiger charge is 2.40. The van der Waals surface area contributed by atoms with Crippen molar-refractivity contribution >= 4 is 31.6 Å². The molecule has 0 aliphatic carbocycles. The number of carbonyl (C=O) groups excluding carboxylic acids is 1. The van der Waals surface area contributed by atoms with Gasteiger partial charge in [-0.2, -0.15) is 0 Å². The summed E-state index contributed by atoms with van der Waals surface area (Å²) in [5.74, 6) is -2.34. The highest BCUT2D eigenvalue weighted by Crippen LogP contribution is 2.32. The van der Waals surface area contributed by atoms with Crippen molar-refractivity contribution in [1.29, 1.82) is 0 Å². The number of carbonyl (C=O) groups is 2. The van der Waals surface area contributed by atoms with Crippen LogP contribution in [0.4, 0.5) is 0 Å². The molecule has 0 unspecified atom stereocenters. The molecule has 236 valence electrons. The van der Waals surface area contributed by atoms with Crippen LogP contribution in [0.15, 0.2) is 77.7 Å². The van der Waals surface area contributed by atoms with Crippen LogP contribution in [0.2, 0.25) is 0 Å². The number of likely N-dealkylation sites (tertiary alicyclic amines) is 1. The number of amides is 1. The summed E-state index contributed by atoms with van der Waals surface area (Å²) in [7, 11) is -5.40. The van der Waals surface area contributed by atoms with Crippen molar-refractivity contribution in [1.82, 2.24) is 10.2 Å². The van der Waals surface area contributed by atoms with Crippen LogP contribution in [0.3, 0.4) is 0 Å². The van der Waals surface area contributed by atoms with Gasteiger partial charge in [0.25, 0.3) is 5.91 Å². The summed E-state index contributed by atoms with van der Waals surface area (Å²) in [6.45, 7) is 2.98. The Kier molecular flexibility index (Phi) is 10.6. The van der Waals surface area contributed by atoms with Crippen molar-refractivity contribution in [3.63, 3.8) is 0 Å². The monoisotopic (exact) mass is 642 g/mol. The number of methoxy groups -OCH3 is 1. The van der Waals surface area contributed by atoms with Crippen LogP contribution in [0.25, 0.3) is 11.1 Å². The molecule has 1 aliphatic heterocycles. The lowest BCUT2D eigenvalue weighted by atomic mass is 9.93. The van der Waals surface area contributed by atoms with E-state index in [-0.39, 0.29) is 28.7 Å². The molecule has 1 fully saturated rings. The van der Waals surface area contributed by atoms with E-state index in [0.717, 1.165) is 22.9 Å². The van der Waals surface area contributed by atoms with Crippen LogP contribution < -0.4 is 5.32 Å². The molecule has 4 rings (SSSR count). The predicted molar refractivity (Wildman–Crippen MR) is 168 cm³/mol. The molecule has 3 aromatic carbocycles. The molecule has 1 heterocycles. The summed E-state index contributed by atoms with van der Waals surface area (Å²) in [5, 5.41) is 11.5. The number of hydrogen-bond donors (Lipinski definition) is 2. The molecule has 0 bridgehead atoms. The summed E-state index contributed by atoms with van der Waals surface area (Å²) in [5.41, 5.74) is 3.35. The highest BCUT2D eigenvalue weighted by molar-refractivity contribution is 7.92. The van der Waals surface area contributed by atoms with Gasteiger partial charge in [-0.05, 0) is 66.3 Å². The first-order valence-electron chi connectivity index (χ1n) is 14.2. The number of hydrogen-bond acceptors (Lipinski definition) is 8. The van der Waals surface area contributed by atoms with Crippen LogP contribution in [0, 0.1) is 6.92 Å². The first-order chi connectivity index (χ1) is 20.8. The van der Waals surface area contributed by atoms with Crippen LogP contribution >= 0.6 is 0 Å². The van der Waals surface area contributed by atoms with E-state index in [9.17, 15) is 31.5 Å². The molecule has 2 N–H and O–H groups in total. The largest absolute Gasteiger partial charge is 0.480 e. The number of nitrogens with zero attached hydrogens (tertiary/aromatic N) is 1. The maximum atomic E-state index is 13.5. The standard InChI is InChI=1S/C32H38N2O8S2/c1-22-9-7-8-12-27(22)29-17-23(13-14-28(29)31(35)33-30(32(36)37)15-16-43(3,38)39)19-34-20-26(18-24(34)21-42-2)44(40,41)25-10-5-4-6-11-25/h4-14,17,24,26,30H,15-16,18-21H2,1-3H3,(H,33,35)(H,36,37)/t24-,26+,30-/m0/s1. The third kappa shape index (κ3) is 8.12. The number of carboxylic acids is 1. The molecule has 0 aromatic heterocycles. The normalized spacial score (nSPS) is 18.2. The number of benzene rings is 3. The molecule has 0 saturated carbocycles. The Hall–Kier alpha value is -3.58. The van der Waals surface area contributed by atoms with Crippen molar-refractivity contribution in [2.75, 3.05) is 32.3 Å². The second-order valence-corrected chi connectivity index (χ2v) is 15.7. The third-order valence-corrected chi connectivity index (χ3v) is 11.0. The molecule has 44 heavy (non-hydrogen) atoms. The van der Waals surface area contributed by atoms with Gasteiger partial charge in [0.15, 0.2) is 9.84 Å². The van der Waals surface area contributed by atoms with Crippen molar-refractivity contribution in [2.24, 2.45) is 0 Å². The number of aryl methyl sites for hydroxylation is 1. The van der Waals surface area contributed by atoms with Crippen LogP contribution in [-0.2, 0) is 35.8 Å². The number of aliphatic carboxylic acids is 1. The van der Waals surface area contributed by atoms with E-state index in [1.807, 2.05) is 37.3 Å². The average Bonchev–Trinajstić information content (AvgIpc) is 3.38. The van der Waals surface area contributed by atoms with E-state index in [2.05, 4.69) is 10.2 Å². The molecular formula is C32H38N2O8S2. The van der Waals surface area contributed by atoms with E-state index in [1.165, 1.54) is 0 Å².